The Morgan fingerprint density at radius 3 is 2.39 bits per heavy atom. The molecule has 5 aromatic rings. The molecule has 4 aromatic carbocycles. The van der Waals surface area contributed by atoms with Crippen LogP contribution in [0.3, 0.4) is 0 Å². The van der Waals surface area contributed by atoms with Crippen LogP contribution in [0.15, 0.2) is 96.0 Å². The van der Waals surface area contributed by atoms with Crippen molar-refractivity contribution in [2.45, 2.75) is 14.0 Å². The molecule has 1 N–H and O–H groups in total. The summed E-state index contributed by atoms with van der Waals surface area (Å²) < 4.78 is 6.10. The van der Waals surface area contributed by atoms with Crippen LogP contribution in [0.5, 0.6) is 5.75 Å². The van der Waals surface area contributed by atoms with Crippen LogP contribution in [0.4, 0.5) is 11.5 Å². The lowest BCUT2D eigenvalue weighted by Crippen LogP contribution is -2.36. The van der Waals surface area contributed by atoms with Gasteiger partial charge in [0.05, 0.1) is 18.6 Å². The van der Waals surface area contributed by atoms with Gasteiger partial charge in [0.15, 0.2) is 5.82 Å². The Morgan fingerprint density at radius 2 is 1.61 bits per heavy atom. The molecule has 8 heteroatoms. The van der Waals surface area contributed by atoms with Crippen LogP contribution in [0.2, 0.25) is 0 Å². The Balaban J connectivity index is 0.00000384. The van der Waals surface area contributed by atoms with Crippen molar-refractivity contribution in [3.63, 3.8) is 0 Å². The highest BCUT2D eigenvalue weighted by molar-refractivity contribution is 5.94. The average molecular weight is 587 g/mol. The Kier molecular flexibility index (Phi) is 9.31. The van der Waals surface area contributed by atoms with E-state index in [1.54, 1.807) is 19.0 Å². The van der Waals surface area contributed by atoms with Gasteiger partial charge in [0.25, 0.3) is 0 Å². The molecular weight excluding hydrogens is 548 g/mol. The first-order valence-corrected chi connectivity index (χ1v) is 14.3. The average Bonchev–Trinajstić information content (AvgIpc) is 3.50. The number of aromatic nitrogens is 2. The zero-order valence-corrected chi connectivity index (χ0v) is 24.6. The van der Waals surface area contributed by atoms with Gasteiger partial charge in [-0.15, -0.1) is 0 Å². The van der Waals surface area contributed by atoms with Crippen molar-refractivity contribution < 1.29 is 9.53 Å². The Morgan fingerprint density at radius 1 is 0.864 bits per heavy atom. The van der Waals surface area contributed by atoms with Crippen molar-refractivity contribution >= 4 is 34.5 Å². The minimum atomic E-state index is 0. The largest absolute Gasteiger partial charge is 0.492 e. The molecule has 0 saturated heterocycles. The van der Waals surface area contributed by atoms with E-state index < -0.39 is 0 Å². The fraction of sp³-hybridized carbons (Fsp3) is 0.222. The number of aliphatic imine (C=N–C) groups is 1. The van der Waals surface area contributed by atoms with Crippen LogP contribution in [0.25, 0.3) is 33.4 Å². The van der Waals surface area contributed by atoms with E-state index in [0.29, 0.717) is 43.6 Å². The number of anilines is 2. The van der Waals surface area contributed by atoms with E-state index in [4.69, 9.17) is 14.7 Å². The van der Waals surface area contributed by atoms with Crippen molar-refractivity contribution in [2.24, 2.45) is 4.99 Å². The van der Waals surface area contributed by atoms with Crippen LogP contribution < -0.4 is 10.1 Å². The first kappa shape index (κ1) is 30.4. The third kappa shape index (κ3) is 6.93. The van der Waals surface area contributed by atoms with E-state index >= 15 is 0 Å². The zero-order valence-electron chi connectivity index (χ0n) is 24.6. The van der Waals surface area contributed by atoms with Gasteiger partial charge in [-0.2, -0.15) is 0 Å². The highest BCUT2D eigenvalue weighted by Crippen LogP contribution is 2.32. The van der Waals surface area contributed by atoms with Crippen molar-refractivity contribution in [1.29, 1.82) is 0 Å². The van der Waals surface area contributed by atoms with Crippen LogP contribution in [-0.4, -0.2) is 72.7 Å². The molecule has 44 heavy (non-hydrogen) atoms. The molecule has 1 amide bonds. The lowest BCUT2D eigenvalue weighted by Gasteiger charge is -2.19. The molecular formula is C36H38N6O2. The Labute approximate surface area is 259 Å². The molecule has 1 aromatic heterocycles. The Hall–Kier alpha value is -5.08. The number of carbonyl (C=O) groups is 1. The number of nitrogens with zero attached hydrogens (tertiary/aromatic N) is 5. The number of hydrogen-bond acceptors (Lipinski definition) is 7. The van der Waals surface area contributed by atoms with Crippen LogP contribution in [-0.2, 0) is 11.3 Å². The predicted molar refractivity (Wildman–Crippen MR) is 180 cm³/mol. The monoisotopic (exact) mass is 586 g/mol. The summed E-state index contributed by atoms with van der Waals surface area (Å²) >= 11 is 0. The van der Waals surface area contributed by atoms with E-state index in [1.807, 2.05) is 54.6 Å². The molecule has 0 unspecified atom stereocenters. The molecule has 0 spiro atoms. The summed E-state index contributed by atoms with van der Waals surface area (Å²) in [4.78, 5) is 29.9. The molecule has 0 fully saturated rings. The molecule has 0 atom stereocenters. The second-order valence-electron chi connectivity index (χ2n) is 10.9. The van der Waals surface area contributed by atoms with Gasteiger partial charge in [-0.3, -0.25) is 14.7 Å². The second kappa shape index (κ2) is 13.5. The number of carbonyl (C=O) groups excluding carboxylic acids is 1. The van der Waals surface area contributed by atoms with Gasteiger partial charge < -0.3 is 15.0 Å². The number of nitrogens with one attached hydrogen (secondary N) is 1. The normalized spacial score (nSPS) is 11.7. The Bertz CT molecular complexity index is 1790. The third-order valence-electron chi connectivity index (χ3n) is 7.46. The molecule has 0 bridgehead atoms. The quantitative estimate of drug-likeness (QED) is 0.197. The second-order valence-corrected chi connectivity index (χ2v) is 10.9. The smallest absolute Gasteiger partial charge is 0.236 e. The van der Waals surface area contributed by atoms with Crippen LogP contribution in [0.1, 0.15) is 18.6 Å². The number of rotatable bonds is 10. The number of amides is 1. The standard InChI is InChI=1S/C35H34N6O2.CH4/c1-40(2)33(42)23-41(3)17-18-43-30-15-16-32-31(20-30)35(37-29-14-13-27-21-36-22-28(27)19-29)39-34(38-32)26-11-9-25(10-12-26)24-7-5-4-6-8-24;/h4-16,19-20,22H,17-18,21,23H2,1-3H3,(H,37,38,39);1H4. The predicted octanol–water partition coefficient (Wildman–Crippen LogP) is 6.67. The maximum Gasteiger partial charge on any atom is 0.236 e. The molecule has 2 heterocycles. The molecule has 6 rings (SSSR count). The maximum absolute atomic E-state index is 12.0. The fourth-order valence-corrected chi connectivity index (χ4v) is 4.95. The van der Waals surface area contributed by atoms with Gasteiger partial charge in [0.1, 0.15) is 18.2 Å². The summed E-state index contributed by atoms with van der Waals surface area (Å²) in [7, 11) is 5.43. The van der Waals surface area contributed by atoms with Crippen molar-refractivity contribution in [1.82, 2.24) is 19.8 Å². The summed E-state index contributed by atoms with van der Waals surface area (Å²) in [6.45, 7) is 2.13. The highest BCUT2D eigenvalue weighted by Gasteiger charge is 2.14. The van der Waals surface area contributed by atoms with Gasteiger partial charge in [-0.25, -0.2) is 9.97 Å². The summed E-state index contributed by atoms with van der Waals surface area (Å²) in [5, 5.41) is 4.39. The van der Waals surface area contributed by atoms with Crippen molar-refractivity contribution in [3.8, 4) is 28.3 Å². The first-order chi connectivity index (χ1) is 20.9. The topological polar surface area (TPSA) is 83.0 Å². The molecule has 0 radical (unpaired) electrons. The van der Waals surface area contributed by atoms with Crippen molar-refractivity contribution in [2.75, 3.05) is 46.2 Å². The zero-order chi connectivity index (χ0) is 29.8. The summed E-state index contributed by atoms with van der Waals surface area (Å²) in [6, 6.07) is 30.8. The lowest BCUT2D eigenvalue weighted by atomic mass is 10.0. The number of fused-ring (bicyclic) bond motifs is 2. The van der Waals surface area contributed by atoms with E-state index in [1.165, 1.54) is 11.1 Å². The number of likely N-dealkylation sites (N-methyl/N-ethyl adjacent to an activating group) is 2. The number of hydrogen-bond donors (Lipinski definition) is 1. The fourth-order valence-electron chi connectivity index (χ4n) is 4.95. The SMILES string of the molecule is C.CN(CCOc1ccc2nc(-c3ccc(-c4ccccc4)cc3)nc(Nc3ccc4c(c3)C=NC4)c2c1)CC(=O)N(C)C. The highest BCUT2D eigenvalue weighted by atomic mass is 16.5. The molecule has 0 saturated carbocycles. The number of ether oxygens (including phenoxy) is 1. The van der Waals surface area contributed by atoms with Gasteiger partial charge in [0, 0.05) is 43.5 Å². The van der Waals surface area contributed by atoms with Gasteiger partial charge in [0.2, 0.25) is 5.91 Å². The van der Waals surface area contributed by atoms with Crippen molar-refractivity contribution in [3.05, 3.63) is 102 Å². The van der Waals surface area contributed by atoms with Crippen LogP contribution >= 0.6 is 0 Å². The molecule has 224 valence electrons. The maximum atomic E-state index is 12.0. The van der Waals surface area contributed by atoms with Gasteiger partial charge in [-0.05, 0) is 59.6 Å². The number of benzene rings is 4. The molecule has 1 aliphatic rings. The first-order valence-electron chi connectivity index (χ1n) is 14.3. The summed E-state index contributed by atoms with van der Waals surface area (Å²) in [6.07, 6.45) is 1.91. The molecule has 1 aliphatic heterocycles. The van der Waals surface area contributed by atoms with E-state index in [0.717, 1.165) is 33.3 Å². The van der Waals surface area contributed by atoms with Gasteiger partial charge >= 0.3 is 0 Å². The molecule has 8 nitrogen and oxygen atoms in total. The van der Waals surface area contributed by atoms with Gasteiger partial charge in [-0.1, -0.05) is 68.1 Å². The van der Waals surface area contributed by atoms with E-state index in [-0.39, 0.29) is 13.3 Å². The molecule has 0 aliphatic carbocycles. The lowest BCUT2D eigenvalue weighted by molar-refractivity contribution is -0.129. The third-order valence-corrected chi connectivity index (χ3v) is 7.46. The van der Waals surface area contributed by atoms with Crippen LogP contribution in [0, 0.1) is 0 Å². The van der Waals surface area contributed by atoms with E-state index in [9.17, 15) is 4.79 Å². The minimum absolute atomic E-state index is 0. The van der Waals surface area contributed by atoms with E-state index in [2.05, 4.69) is 64.9 Å². The summed E-state index contributed by atoms with van der Waals surface area (Å²) in [5.41, 5.74) is 7.30. The summed E-state index contributed by atoms with van der Waals surface area (Å²) in [5.74, 6) is 2.11. The minimum Gasteiger partial charge on any atom is -0.492 e.